The Balaban J connectivity index is 1.55. The van der Waals surface area contributed by atoms with Crippen LogP contribution in [-0.4, -0.2) is 19.7 Å². The van der Waals surface area contributed by atoms with Gasteiger partial charge in [0.1, 0.15) is 0 Å². The van der Waals surface area contributed by atoms with Gasteiger partial charge in [-0.3, -0.25) is 0 Å². The van der Waals surface area contributed by atoms with E-state index in [1.54, 1.807) is 23.9 Å². The molecule has 206 valence electrons. The highest BCUT2D eigenvalue weighted by Gasteiger charge is 2.27. The fourth-order valence-corrected chi connectivity index (χ4v) is 7.31. The van der Waals surface area contributed by atoms with Crippen molar-refractivity contribution in [3.8, 4) is 22.4 Å². The van der Waals surface area contributed by atoms with Gasteiger partial charge in [-0.05, 0) is 79.1 Å². The predicted octanol–water partition coefficient (Wildman–Crippen LogP) is 9.52. The molecular formula is C36H28N2O2S2. The van der Waals surface area contributed by atoms with Crippen LogP contribution in [0.4, 0.5) is 17.1 Å². The monoisotopic (exact) mass is 584 g/mol. The van der Waals surface area contributed by atoms with Gasteiger partial charge in [0.05, 0.1) is 33.2 Å². The molecule has 6 heteroatoms. The van der Waals surface area contributed by atoms with Gasteiger partial charge in [0.15, 0.2) is 9.84 Å². The zero-order chi connectivity index (χ0) is 29.0. The molecule has 7 rings (SSSR count). The third kappa shape index (κ3) is 4.57. The van der Waals surface area contributed by atoms with Gasteiger partial charge in [-0.25, -0.2) is 13.4 Å². The number of pyridine rings is 1. The number of rotatable bonds is 4. The van der Waals surface area contributed by atoms with Crippen LogP contribution in [0.5, 0.6) is 0 Å². The number of hydrogen-bond donors (Lipinski definition) is 0. The smallest absolute Gasteiger partial charge is 0.175 e. The Morgan fingerprint density at radius 2 is 1.26 bits per heavy atom. The molecule has 0 saturated heterocycles. The van der Waals surface area contributed by atoms with E-state index in [2.05, 4.69) is 110 Å². The molecule has 0 amide bonds. The number of aromatic nitrogens is 1. The summed E-state index contributed by atoms with van der Waals surface area (Å²) in [5.41, 5.74) is 10.3. The molecule has 0 aliphatic carbocycles. The first kappa shape index (κ1) is 26.5. The van der Waals surface area contributed by atoms with Crippen LogP contribution < -0.4 is 4.90 Å². The van der Waals surface area contributed by atoms with Gasteiger partial charge in [-0.1, -0.05) is 84.1 Å². The fourth-order valence-electron chi connectivity index (χ4n) is 5.62. The van der Waals surface area contributed by atoms with Crippen molar-refractivity contribution in [2.45, 2.75) is 28.5 Å². The Morgan fingerprint density at radius 3 is 1.88 bits per heavy atom. The van der Waals surface area contributed by atoms with Crippen molar-refractivity contribution in [3.05, 3.63) is 126 Å². The molecule has 0 N–H and O–H groups in total. The molecule has 4 nitrogen and oxygen atoms in total. The van der Waals surface area contributed by atoms with Crippen LogP contribution in [0.15, 0.2) is 130 Å². The number of para-hydroxylation sites is 2. The summed E-state index contributed by atoms with van der Waals surface area (Å²) in [6, 6.07) is 39.1. The molecule has 0 fully saturated rings. The fraction of sp³-hybridized carbons (Fsp3) is 0.0833. The third-order valence-electron chi connectivity index (χ3n) is 7.76. The lowest BCUT2D eigenvalue weighted by molar-refractivity contribution is 0.602. The largest absolute Gasteiger partial charge is 0.306 e. The van der Waals surface area contributed by atoms with Crippen molar-refractivity contribution in [3.63, 3.8) is 0 Å². The van der Waals surface area contributed by atoms with E-state index in [1.165, 1.54) is 21.6 Å². The highest BCUT2D eigenvalue weighted by molar-refractivity contribution is 7.99. The summed E-state index contributed by atoms with van der Waals surface area (Å²) in [6.45, 7) is 4.23. The van der Waals surface area contributed by atoms with E-state index in [1.807, 2.05) is 12.1 Å². The normalized spacial score (nSPS) is 12.7. The van der Waals surface area contributed by atoms with Crippen LogP contribution in [0, 0.1) is 13.8 Å². The predicted molar refractivity (Wildman–Crippen MR) is 174 cm³/mol. The maximum absolute atomic E-state index is 12.2. The standard InChI is InChI=1S/C36H28N2O2S2/c1-23-12-15-25(16-13-23)28-22-29(26-17-19-27(20-18-26)42(3,39)40)37-36-32(21-14-24(2)35(28)36)38-30-8-4-6-10-33(30)41-34-11-7-5-9-31(34)38/h4-22H,1-3H3. The average Bonchev–Trinajstić information content (AvgIpc) is 3.00. The minimum atomic E-state index is -3.30. The molecule has 5 aromatic carbocycles. The van der Waals surface area contributed by atoms with Crippen molar-refractivity contribution in [2.75, 3.05) is 11.2 Å². The van der Waals surface area contributed by atoms with Crippen molar-refractivity contribution in [1.29, 1.82) is 0 Å². The van der Waals surface area contributed by atoms with E-state index in [0.717, 1.165) is 55.9 Å². The van der Waals surface area contributed by atoms with Crippen LogP contribution in [0.3, 0.4) is 0 Å². The highest BCUT2D eigenvalue weighted by Crippen LogP contribution is 2.53. The second-order valence-corrected chi connectivity index (χ2v) is 13.8. The second kappa shape index (κ2) is 10.2. The first-order valence-electron chi connectivity index (χ1n) is 13.8. The van der Waals surface area contributed by atoms with E-state index in [-0.39, 0.29) is 0 Å². The molecule has 42 heavy (non-hydrogen) atoms. The second-order valence-electron chi connectivity index (χ2n) is 10.7. The lowest BCUT2D eigenvalue weighted by Gasteiger charge is -2.33. The maximum atomic E-state index is 12.2. The van der Waals surface area contributed by atoms with Gasteiger partial charge in [-0.2, -0.15) is 0 Å². The van der Waals surface area contributed by atoms with E-state index >= 15 is 0 Å². The van der Waals surface area contributed by atoms with Gasteiger partial charge < -0.3 is 4.90 Å². The van der Waals surface area contributed by atoms with Gasteiger partial charge in [-0.15, -0.1) is 0 Å². The van der Waals surface area contributed by atoms with E-state index < -0.39 is 9.84 Å². The van der Waals surface area contributed by atoms with E-state index in [4.69, 9.17) is 4.98 Å². The molecular weight excluding hydrogens is 557 g/mol. The Hall–Kier alpha value is -4.39. The van der Waals surface area contributed by atoms with Crippen LogP contribution in [0.1, 0.15) is 11.1 Å². The average molecular weight is 585 g/mol. The SMILES string of the molecule is Cc1ccc(-c2cc(-c3ccc(S(C)(=O)=O)cc3)nc3c(N4c5ccccc5Sc5ccccc54)ccc(C)c23)cc1. The summed E-state index contributed by atoms with van der Waals surface area (Å²) in [5, 5.41) is 1.10. The summed E-state index contributed by atoms with van der Waals surface area (Å²) in [7, 11) is -3.30. The lowest BCUT2D eigenvalue weighted by Crippen LogP contribution is -2.15. The Bertz CT molecular complexity index is 2060. The van der Waals surface area contributed by atoms with Crippen LogP contribution >= 0.6 is 11.8 Å². The molecule has 2 heterocycles. The summed E-state index contributed by atoms with van der Waals surface area (Å²) < 4.78 is 24.3. The van der Waals surface area contributed by atoms with Crippen LogP contribution in [0.25, 0.3) is 33.3 Å². The summed E-state index contributed by atoms with van der Waals surface area (Å²) >= 11 is 1.78. The van der Waals surface area contributed by atoms with Gasteiger partial charge >= 0.3 is 0 Å². The maximum Gasteiger partial charge on any atom is 0.175 e. The molecule has 6 aromatic rings. The van der Waals surface area contributed by atoms with Gasteiger partial charge in [0.25, 0.3) is 0 Å². The zero-order valence-electron chi connectivity index (χ0n) is 23.5. The number of nitrogens with zero attached hydrogens (tertiary/aromatic N) is 2. The van der Waals surface area contributed by atoms with Crippen molar-refractivity contribution >= 4 is 49.6 Å². The van der Waals surface area contributed by atoms with Gasteiger partial charge in [0, 0.05) is 27.0 Å². The minimum Gasteiger partial charge on any atom is -0.306 e. The first-order chi connectivity index (χ1) is 20.3. The Morgan fingerprint density at radius 1 is 0.667 bits per heavy atom. The third-order valence-corrected chi connectivity index (χ3v) is 10.0. The molecule has 0 radical (unpaired) electrons. The number of hydrogen-bond acceptors (Lipinski definition) is 5. The lowest BCUT2D eigenvalue weighted by atomic mass is 9.94. The van der Waals surface area contributed by atoms with E-state index in [9.17, 15) is 8.42 Å². The molecule has 0 spiro atoms. The number of benzene rings is 5. The molecule has 0 saturated carbocycles. The van der Waals surface area contributed by atoms with Crippen molar-refractivity contribution in [2.24, 2.45) is 0 Å². The van der Waals surface area contributed by atoms with Crippen LogP contribution in [-0.2, 0) is 9.84 Å². The molecule has 1 aliphatic heterocycles. The molecule has 1 aliphatic rings. The van der Waals surface area contributed by atoms with Crippen LogP contribution in [0.2, 0.25) is 0 Å². The minimum absolute atomic E-state index is 0.293. The summed E-state index contributed by atoms with van der Waals surface area (Å²) in [4.78, 5) is 10.3. The molecule has 0 unspecified atom stereocenters. The van der Waals surface area contributed by atoms with Crippen molar-refractivity contribution in [1.82, 2.24) is 4.98 Å². The molecule has 0 bridgehead atoms. The first-order valence-corrected chi connectivity index (χ1v) is 16.5. The Labute approximate surface area is 250 Å². The zero-order valence-corrected chi connectivity index (χ0v) is 25.1. The summed E-state index contributed by atoms with van der Waals surface area (Å²) in [6.07, 6.45) is 1.23. The van der Waals surface area contributed by atoms with E-state index in [0.29, 0.717) is 4.90 Å². The highest BCUT2D eigenvalue weighted by atomic mass is 32.2. The summed E-state index contributed by atoms with van der Waals surface area (Å²) in [5.74, 6) is 0. The topological polar surface area (TPSA) is 50.3 Å². The Kier molecular flexibility index (Phi) is 6.41. The van der Waals surface area contributed by atoms with Gasteiger partial charge in [0.2, 0.25) is 0 Å². The number of aryl methyl sites for hydroxylation is 2. The number of anilines is 3. The molecule has 1 aromatic heterocycles. The number of fused-ring (bicyclic) bond motifs is 3. The molecule has 0 atom stereocenters. The number of sulfone groups is 1. The quantitative estimate of drug-likeness (QED) is 0.206. The van der Waals surface area contributed by atoms with Crippen molar-refractivity contribution < 1.29 is 8.42 Å².